The summed E-state index contributed by atoms with van der Waals surface area (Å²) in [6.45, 7) is 0. The van der Waals surface area contributed by atoms with Crippen molar-refractivity contribution in [1.29, 1.82) is 0 Å². The molecule has 0 spiro atoms. The van der Waals surface area contributed by atoms with E-state index < -0.39 is 0 Å². The lowest BCUT2D eigenvalue weighted by atomic mass is 10.2. The Morgan fingerprint density at radius 1 is 1.38 bits per heavy atom. The van der Waals surface area contributed by atoms with Gasteiger partial charge in [0.1, 0.15) is 11.6 Å². The van der Waals surface area contributed by atoms with Crippen LogP contribution in [0.4, 0.5) is 4.39 Å². The summed E-state index contributed by atoms with van der Waals surface area (Å²) in [5.74, 6) is 0.307. The molecule has 2 aromatic rings. The average molecular weight is 179 g/mol. The summed E-state index contributed by atoms with van der Waals surface area (Å²) in [4.78, 5) is 0. The Morgan fingerprint density at radius 3 is 2.85 bits per heavy atom. The van der Waals surface area contributed by atoms with Crippen molar-refractivity contribution < 1.29 is 9.13 Å². The van der Waals surface area contributed by atoms with Crippen LogP contribution in [0.1, 0.15) is 0 Å². The highest BCUT2D eigenvalue weighted by Crippen LogP contribution is 2.27. The fraction of sp³-hybridized carbons (Fsp3) is 0.200. The fourth-order valence-corrected chi connectivity index (χ4v) is 1.47. The number of aryl methyl sites for hydroxylation is 1. The molecule has 0 saturated heterocycles. The summed E-state index contributed by atoms with van der Waals surface area (Å²) < 4.78 is 20.0. The molecule has 0 unspecified atom stereocenters. The number of hydrogen-bond acceptors (Lipinski definition) is 1. The second kappa shape index (κ2) is 2.76. The lowest BCUT2D eigenvalue weighted by Crippen LogP contribution is -1.88. The number of hydrogen-bond donors (Lipinski definition) is 0. The Morgan fingerprint density at radius 2 is 2.15 bits per heavy atom. The predicted octanol–water partition coefficient (Wildman–Crippen LogP) is 2.33. The monoisotopic (exact) mass is 179 g/mol. The van der Waals surface area contributed by atoms with Crippen LogP contribution in [0.25, 0.3) is 10.9 Å². The Bertz CT molecular complexity index is 447. The Labute approximate surface area is 75.5 Å². The minimum atomic E-state index is -0.272. The first-order chi connectivity index (χ1) is 6.22. The Hall–Kier alpha value is -1.51. The van der Waals surface area contributed by atoms with Crippen molar-refractivity contribution in [1.82, 2.24) is 4.57 Å². The van der Waals surface area contributed by atoms with Gasteiger partial charge < -0.3 is 9.30 Å². The smallest absolute Gasteiger partial charge is 0.131 e. The molecule has 0 radical (unpaired) electrons. The SMILES string of the molecule is COc1cc(F)cc2c1ccn2C. The first-order valence-electron chi connectivity index (χ1n) is 4.01. The molecule has 2 nitrogen and oxygen atoms in total. The minimum absolute atomic E-state index is 0.272. The minimum Gasteiger partial charge on any atom is -0.496 e. The second-order valence-electron chi connectivity index (χ2n) is 2.97. The topological polar surface area (TPSA) is 14.2 Å². The first kappa shape index (κ1) is 8.10. The molecule has 1 aromatic heterocycles. The molecule has 13 heavy (non-hydrogen) atoms. The maximum absolute atomic E-state index is 13.0. The van der Waals surface area contributed by atoms with Crippen molar-refractivity contribution >= 4 is 10.9 Å². The van der Waals surface area contributed by atoms with Crippen molar-refractivity contribution in [2.75, 3.05) is 7.11 Å². The summed E-state index contributed by atoms with van der Waals surface area (Å²) in [6, 6.07) is 4.80. The van der Waals surface area contributed by atoms with Gasteiger partial charge in [0.05, 0.1) is 12.6 Å². The van der Waals surface area contributed by atoms with Crippen LogP contribution in [0.3, 0.4) is 0 Å². The Kier molecular flexibility index (Phi) is 1.72. The largest absolute Gasteiger partial charge is 0.496 e. The molecule has 0 N–H and O–H groups in total. The van der Waals surface area contributed by atoms with Crippen LogP contribution in [0.15, 0.2) is 24.4 Å². The van der Waals surface area contributed by atoms with Crippen molar-refractivity contribution in [2.24, 2.45) is 7.05 Å². The third-order valence-electron chi connectivity index (χ3n) is 2.15. The van der Waals surface area contributed by atoms with Gasteiger partial charge in [-0.2, -0.15) is 0 Å². The summed E-state index contributed by atoms with van der Waals surface area (Å²) in [6.07, 6.45) is 1.88. The lowest BCUT2D eigenvalue weighted by molar-refractivity contribution is 0.416. The van der Waals surface area contributed by atoms with E-state index in [9.17, 15) is 4.39 Å². The highest BCUT2D eigenvalue weighted by Gasteiger charge is 2.06. The zero-order valence-electron chi connectivity index (χ0n) is 7.54. The molecule has 2 rings (SSSR count). The molecule has 0 aliphatic heterocycles. The van der Waals surface area contributed by atoms with E-state index in [1.165, 1.54) is 12.1 Å². The molecular formula is C10H10FNO. The van der Waals surface area contributed by atoms with E-state index >= 15 is 0 Å². The van der Waals surface area contributed by atoms with Crippen molar-refractivity contribution in [3.8, 4) is 5.75 Å². The quantitative estimate of drug-likeness (QED) is 0.655. The van der Waals surface area contributed by atoms with Crippen LogP contribution in [0.2, 0.25) is 0 Å². The van der Waals surface area contributed by atoms with Crippen LogP contribution in [0.5, 0.6) is 5.75 Å². The predicted molar refractivity (Wildman–Crippen MR) is 49.4 cm³/mol. The zero-order chi connectivity index (χ0) is 9.42. The molecular weight excluding hydrogens is 169 g/mol. The van der Waals surface area contributed by atoms with E-state index in [1.807, 2.05) is 23.9 Å². The van der Waals surface area contributed by atoms with Crippen LogP contribution in [-0.2, 0) is 7.05 Å². The molecule has 0 atom stereocenters. The third kappa shape index (κ3) is 1.16. The van der Waals surface area contributed by atoms with Crippen molar-refractivity contribution in [3.05, 3.63) is 30.2 Å². The van der Waals surface area contributed by atoms with E-state index in [1.54, 1.807) is 7.11 Å². The maximum Gasteiger partial charge on any atom is 0.131 e. The van der Waals surface area contributed by atoms with Gasteiger partial charge >= 0.3 is 0 Å². The standard InChI is InChI=1S/C10H10FNO/c1-12-4-3-8-9(12)5-7(11)6-10(8)13-2/h3-6H,1-2H3. The lowest BCUT2D eigenvalue weighted by Gasteiger charge is -2.02. The normalized spacial score (nSPS) is 10.7. The molecule has 1 heterocycles. The van der Waals surface area contributed by atoms with Crippen LogP contribution >= 0.6 is 0 Å². The molecule has 0 aliphatic carbocycles. The molecule has 0 bridgehead atoms. The average Bonchev–Trinajstić information content (AvgIpc) is 2.47. The van der Waals surface area contributed by atoms with Gasteiger partial charge in [-0.15, -0.1) is 0 Å². The number of nitrogens with zero attached hydrogens (tertiary/aromatic N) is 1. The summed E-state index contributed by atoms with van der Waals surface area (Å²) in [5.41, 5.74) is 0.844. The van der Waals surface area contributed by atoms with E-state index in [-0.39, 0.29) is 5.82 Å². The summed E-state index contributed by atoms with van der Waals surface area (Å²) >= 11 is 0. The molecule has 0 fully saturated rings. The van der Waals surface area contributed by atoms with Gasteiger partial charge in [-0.25, -0.2) is 4.39 Å². The first-order valence-corrected chi connectivity index (χ1v) is 4.01. The van der Waals surface area contributed by atoms with E-state index in [0.29, 0.717) is 5.75 Å². The number of aromatic nitrogens is 1. The number of benzene rings is 1. The molecule has 0 amide bonds. The second-order valence-corrected chi connectivity index (χ2v) is 2.97. The van der Waals surface area contributed by atoms with Gasteiger partial charge in [-0.05, 0) is 12.1 Å². The van der Waals surface area contributed by atoms with Gasteiger partial charge in [0, 0.05) is 24.7 Å². The molecule has 1 aromatic carbocycles. The number of halogens is 1. The zero-order valence-corrected chi connectivity index (χ0v) is 7.54. The van der Waals surface area contributed by atoms with E-state index in [2.05, 4.69) is 0 Å². The van der Waals surface area contributed by atoms with Crippen LogP contribution < -0.4 is 4.74 Å². The maximum atomic E-state index is 13.0. The number of rotatable bonds is 1. The molecule has 0 aliphatic rings. The summed E-state index contributed by atoms with van der Waals surface area (Å²) in [7, 11) is 3.42. The van der Waals surface area contributed by atoms with Gasteiger partial charge in [-0.1, -0.05) is 0 Å². The van der Waals surface area contributed by atoms with Gasteiger partial charge in [-0.3, -0.25) is 0 Å². The molecule has 3 heteroatoms. The van der Waals surface area contributed by atoms with Crippen LogP contribution in [0, 0.1) is 5.82 Å². The number of fused-ring (bicyclic) bond motifs is 1. The van der Waals surface area contributed by atoms with Gasteiger partial charge in [0.2, 0.25) is 0 Å². The fourth-order valence-electron chi connectivity index (χ4n) is 1.47. The molecule has 68 valence electrons. The molecule has 0 saturated carbocycles. The highest BCUT2D eigenvalue weighted by atomic mass is 19.1. The van der Waals surface area contributed by atoms with Crippen LogP contribution in [-0.4, -0.2) is 11.7 Å². The Balaban J connectivity index is 2.84. The van der Waals surface area contributed by atoms with Gasteiger partial charge in [0.15, 0.2) is 0 Å². The van der Waals surface area contributed by atoms with E-state index in [0.717, 1.165) is 10.9 Å². The van der Waals surface area contributed by atoms with E-state index in [4.69, 9.17) is 4.74 Å². The number of ether oxygens (including phenoxy) is 1. The van der Waals surface area contributed by atoms with Crippen molar-refractivity contribution in [2.45, 2.75) is 0 Å². The third-order valence-corrected chi connectivity index (χ3v) is 2.15. The van der Waals surface area contributed by atoms with Gasteiger partial charge in [0.25, 0.3) is 0 Å². The summed E-state index contributed by atoms with van der Waals surface area (Å²) in [5, 5.41) is 0.936. The highest BCUT2D eigenvalue weighted by molar-refractivity contribution is 5.86. The van der Waals surface area contributed by atoms with Crippen molar-refractivity contribution in [3.63, 3.8) is 0 Å². The number of methoxy groups -OCH3 is 1.